The molecule has 2 atom stereocenters. The van der Waals surface area contributed by atoms with Gasteiger partial charge in [0, 0.05) is 10.4 Å². The molecule has 0 spiro atoms. The zero-order valence-electron chi connectivity index (χ0n) is 18.1. The number of hydrogen-bond acceptors (Lipinski definition) is 6. The molecular weight excluding hydrogens is 500 g/mol. The first-order valence-corrected chi connectivity index (χ1v) is 11.0. The molecule has 0 amide bonds. The minimum Gasteiger partial charge on any atom is -0.488 e. The van der Waals surface area contributed by atoms with E-state index in [4.69, 9.17) is 9.47 Å². The van der Waals surface area contributed by atoms with Crippen LogP contribution in [0.3, 0.4) is 0 Å². The van der Waals surface area contributed by atoms with Crippen molar-refractivity contribution in [3.63, 3.8) is 0 Å². The number of ether oxygens (including phenoxy) is 3. The molecular formula is C23H19F6NO4S. The predicted octanol–water partition coefficient (Wildman–Crippen LogP) is 6.19. The molecule has 2 aromatic carbocycles. The SMILES string of the molecule is COc1ccc(C2COc3c(-c4cccc(OC(F)(F)F)c4)cccc3N2CC(O)C(F)(F)F)s1. The van der Waals surface area contributed by atoms with E-state index >= 15 is 0 Å². The van der Waals surface area contributed by atoms with E-state index in [1.807, 2.05) is 0 Å². The van der Waals surface area contributed by atoms with Crippen molar-refractivity contribution in [2.75, 3.05) is 25.2 Å². The summed E-state index contributed by atoms with van der Waals surface area (Å²) in [5, 5.41) is 10.4. The highest BCUT2D eigenvalue weighted by molar-refractivity contribution is 7.13. The number of para-hydroxylation sites is 1. The number of thiophene rings is 1. The quantitative estimate of drug-likeness (QED) is 0.394. The van der Waals surface area contributed by atoms with E-state index < -0.39 is 37.0 Å². The lowest BCUT2D eigenvalue weighted by molar-refractivity contribution is -0.274. The van der Waals surface area contributed by atoms with Gasteiger partial charge in [0.2, 0.25) is 0 Å². The van der Waals surface area contributed by atoms with Gasteiger partial charge in [0.05, 0.1) is 25.4 Å². The lowest BCUT2D eigenvalue weighted by Crippen LogP contribution is -2.45. The van der Waals surface area contributed by atoms with Crippen LogP contribution in [0.5, 0.6) is 16.6 Å². The van der Waals surface area contributed by atoms with Gasteiger partial charge in [0.25, 0.3) is 0 Å². The van der Waals surface area contributed by atoms with Gasteiger partial charge >= 0.3 is 12.5 Å². The Morgan fingerprint density at radius 1 is 1.09 bits per heavy atom. The lowest BCUT2D eigenvalue weighted by Gasteiger charge is -2.40. The second kappa shape index (κ2) is 9.50. The first-order chi connectivity index (χ1) is 16.5. The number of benzene rings is 2. The lowest BCUT2D eigenvalue weighted by atomic mass is 10.0. The van der Waals surface area contributed by atoms with E-state index in [-0.39, 0.29) is 18.0 Å². The summed E-state index contributed by atoms with van der Waals surface area (Å²) in [4.78, 5) is 2.05. The number of fused-ring (bicyclic) bond motifs is 1. The molecule has 0 radical (unpaired) electrons. The fourth-order valence-electron chi connectivity index (χ4n) is 3.79. The topological polar surface area (TPSA) is 51.2 Å². The average Bonchev–Trinajstić information content (AvgIpc) is 3.26. The minimum absolute atomic E-state index is 0.0585. The largest absolute Gasteiger partial charge is 0.573 e. The van der Waals surface area contributed by atoms with Crippen LogP contribution < -0.4 is 19.1 Å². The molecule has 1 N–H and O–H groups in total. The number of aliphatic hydroxyl groups is 1. The first kappa shape index (κ1) is 25.0. The van der Waals surface area contributed by atoms with E-state index in [9.17, 15) is 31.4 Å². The molecule has 1 aliphatic heterocycles. The van der Waals surface area contributed by atoms with E-state index in [0.29, 0.717) is 21.1 Å². The van der Waals surface area contributed by atoms with Gasteiger partial charge in [0.1, 0.15) is 12.4 Å². The summed E-state index contributed by atoms with van der Waals surface area (Å²) in [5.74, 6) is -0.262. The van der Waals surface area contributed by atoms with Gasteiger partial charge < -0.3 is 24.2 Å². The van der Waals surface area contributed by atoms with Crippen molar-refractivity contribution in [3.05, 3.63) is 59.5 Å². The summed E-state index contributed by atoms with van der Waals surface area (Å²) < 4.78 is 92.9. The van der Waals surface area contributed by atoms with Crippen molar-refractivity contribution in [1.82, 2.24) is 0 Å². The number of rotatable bonds is 6. The summed E-state index contributed by atoms with van der Waals surface area (Å²) in [5.41, 5.74) is 0.941. The normalized spacial score (nSPS) is 16.9. The number of anilines is 1. The number of nitrogens with zero attached hydrogens (tertiary/aromatic N) is 1. The van der Waals surface area contributed by atoms with E-state index in [1.54, 1.807) is 24.3 Å². The summed E-state index contributed by atoms with van der Waals surface area (Å²) in [6.07, 6.45) is -12.4. The Hall–Kier alpha value is -3.12. The van der Waals surface area contributed by atoms with Crippen LogP contribution in [0.2, 0.25) is 0 Å². The Kier molecular flexibility index (Phi) is 6.78. The molecule has 35 heavy (non-hydrogen) atoms. The number of β-amino-alcohol motifs (C(OH)–C–C–N with tert-alkyl or cyclic N) is 1. The molecule has 0 saturated heterocycles. The molecule has 2 unspecified atom stereocenters. The van der Waals surface area contributed by atoms with Gasteiger partial charge in [-0.2, -0.15) is 13.2 Å². The Bertz CT molecular complexity index is 1180. The second-order valence-electron chi connectivity index (χ2n) is 7.63. The molecule has 0 fully saturated rings. The third kappa shape index (κ3) is 5.59. The van der Waals surface area contributed by atoms with E-state index in [0.717, 1.165) is 12.1 Å². The fourth-order valence-corrected chi connectivity index (χ4v) is 4.70. The Labute approximate surface area is 200 Å². The second-order valence-corrected chi connectivity index (χ2v) is 8.70. The van der Waals surface area contributed by atoms with Crippen LogP contribution in [0.1, 0.15) is 10.9 Å². The van der Waals surface area contributed by atoms with Gasteiger partial charge in [-0.15, -0.1) is 24.5 Å². The van der Waals surface area contributed by atoms with Crippen LogP contribution in [0.25, 0.3) is 11.1 Å². The molecule has 4 rings (SSSR count). The van der Waals surface area contributed by atoms with Crippen LogP contribution in [-0.2, 0) is 0 Å². The van der Waals surface area contributed by atoms with Crippen molar-refractivity contribution in [2.45, 2.75) is 24.7 Å². The van der Waals surface area contributed by atoms with Crippen molar-refractivity contribution in [3.8, 4) is 27.7 Å². The smallest absolute Gasteiger partial charge is 0.488 e. The molecule has 5 nitrogen and oxygen atoms in total. The molecule has 1 aromatic heterocycles. The third-order valence-electron chi connectivity index (χ3n) is 5.32. The van der Waals surface area contributed by atoms with Crippen LogP contribution in [0.4, 0.5) is 32.0 Å². The van der Waals surface area contributed by atoms with E-state index in [1.165, 1.54) is 41.5 Å². The molecule has 12 heteroatoms. The maximum atomic E-state index is 13.3. The highest BCUT2D eigenvalue weighted by Crippen LogP contribution is 2.47. The Morgan fingerprint density at radius 2 is 1.83 bits per heavy atom. The zero-order chi connectivity index (χ0) is 25.4. The molecule has 188 valence electrons. The standard InChI is InChI=1S/C23H19F6NO4S/c1-32-20-9-8-18(35-20)17-12-33-21-15(13-4-2-5-14(10-13)34-23(27,28)29)6-3-7-16(21)30(17)11-19(31)22(24,25)26/h2-10,17,19,31H,11-12H2,1H3. The van der Waals surface area contributed by atoms with Gasteiger partial charge in [-0.3, -0.25) is 0 Å². The molecule has 2 heterocycles. The summed E-state index contributed by atoms with van der Waals surface area (Å²) >= 11 is 1.23. The van der Waals surface area contributed by atoms with Gasteiger partial charge in [-0.05, 0) is 35.9 Å². The number of hydrogen-bond donors (Lipinski definition) is 1. The maximum Gasteiger partial charge on any atom is 0.573 e. The summed E-state index contributed by atoms with van der Waals surface area (Å²) in [6.45, 7) is -0.831. The predicted molar refractivity (Wildman–Crippen MR) is 117 cm³/mol. The van der Waals surface area contributed by atoms with Crippen LogP contribution in [-0.4, -0.2) is 44.0 Å². The van der Waals surface area contributed by atoms with Crippen molar-refractivity contribution in [2.24, 2.45) is 0 Å². The van der Waals surface area contributed by atoms with Crippen LogP contribution >= 0.6 is 11.3 Å². The average molecular weight is 519 g/mol. The fraction of sp³-hybridized carbons (Fsp3) is 0.304. The van der Waals surface area contributed by atoms with Crippen LogP contribution in [0.15, 0.2) is 54.6 Å². The highest BCUT2D eigenvalue weighted by Gasteiger charge is 2.42. The third-order valence-corrected chi connectivity index (χ3v) is 6.47. The van der Waals surface area contributed by atoms with E-state index in [2.05, 4.69) is 4.74 Å². The van der Waals surface area contributed by atoms with Crippen LogP contribution in [0, 0.1) is 0 Å². The Morgan fingerprint density at radius 3 is 2.49 bits per heavy atom. The van der Waals surface area contributed by atoms with Gasteiger partial charge in [0.15, 0.2) is 16.9 Å². The summed E-state index contributed by atoms with van der Waals surface area (Å²) in [6, 6.07) is 12.6. The summed E-state index contributed by atoms with van der Waals surface area (Å²) in [7, 11) is 1.47. The maximum absolute atomic E-state index is 13.3. The number of halogens is 6. The number of alkyl halides is 6. The monoisotopic (exact) mass is 519 g/mol. The highest BCUT2D eigenvalue weighted by atomic mass is 32.1. The molecule has 0 saturated carbocycles. The van der Waals surface area contributed by atoms with Gasteiger partial charge in [-0.1, -0.05) is 24.3 Å². The molecule has 3 aromatic rings. The molecule has 1 aliphatic rings. The number of aliphatic hydroxyl groups excluding tert-OH is 1. The number of methoxy groups -OCH3 is 1. The van der Waals surface area contributed by atoms with Gasteiger partial charge in [-0.25, -0.2) is 0 Å². The van der Waals surface area contributed by atoms with Crippen molar-refractivity contribution >= 4 is 17.0 Å². The van der Waals surface area contributed by atoms with Crippen molar-refractivity contribution < 1.29 is 45.7 Å². The Balaban J connectivity index is 1.76. The molecule has 0 aliphatic carbocycles. The first-order valence-electron chi connectivity index (χ1n) is 10.2. The minimum atomic E-state index is -4.88. The van der Waals surface area contributed by atoms with Crippen molar-refractivity contribution in [1.29, 1.82) is 0 Å². The zero-order valence-corrected chi connectivity index (χ0v) is 18.9. The molecule has 0 bridgehead atoms.